The van der Waals surface area contributed by atoms with Crippen molar-refractivity contribution in [2.45, 2.75) is 0 Å². The fourth-order valence-electron chi connectivity index (χ4n) is 5.83. The summed E-state index contributed by atoms with van der Waals surface area (Å²) in [7, 11) is 0. The van der Waals surface area contributed by atoms with Crippen molar-refractivity contribution in [2.24, 2.45) is 0 Å². The SMILES string of the molecule is c1cc2ccc3cc4cccc5c6cccc7ccc8c(c1)c2c3c(c45)c8c76. The molecular formula is C28H14. The number of fused-ring (bicyclic) bond motifs is 2. The first-order valence-electron chi connectivity index (χ1n) is 9.88. The summed E-state index contributed by atoms with van der Waals surface area (Å²) in [6.45, 7) is 0. The fraction of sp³-hybridized carbons (Fsp3) is 0. The Morgan fingerprint density at radius 2 is 0.750 bits per heavy atom. The Balaban J connectivity index is 1.97. The third kappa shape index (κ3) is 1.31. The van der Waals surface area contributed by atoms with Gasteiger partial charge in [-0.25, -0.2) is 0 Å². The molecule has 0 saturated carbocycles. The van der Waals surface area contributed by atoms with Gasteiger partial charge in [0, 0.05) is 0 Å². The first-order valence-corrected chi connectivity index (χ1v) is 9.88. The molecule has 0 heterocycles. The Hall–Kier alpha value is -3.64. The van der Waals surface area contributed by atoms with Gasteiger partial charge in [0.2, 0.25) is 0 Å². The summed E-state index contributed by atoms with van der Waals surface area (Å²) in [5, 5.41) is 19.4. The zero-order valence-electron chi connectivity index (χ0n) is 15.1. The molecule has 126 valence electrons. The van der Waals surface area contributed by atoms with Crippen LogP contribution in [-0.4, -0.2) is 0 Å². The molecule has 0 bridgehead atoms. The molecule has 0 amide bonds. The van der Waals surface area contributed by atoms with E-state index in [1.807, 2.05) is 0 Å². The molecule has 28 heavy (non-hydrogen) atoms. The van der Waals surface area contributed by atoms with Gasteiger partial charge in [0.15, 0.2) is 0 Å². The van der Waals surface area contributed by atoms with Crippen LogP contribution in [0.25, 0.3) is 75.4 Å². The lowest BCUT2D eigenvalue weighted by atomic mass is 9.81. The summed E-state index contributed by atoms with van der Waals surface area (Å²) < 4.78 is 0. The van der Waals surface area contributed by atoms with E-state index in [2.05, 4.69) is 84.9 Å². The molecule has 0 saturated heterocycles. The van der Waals surface area contributed by atoms with Gasteiger partial charge >= 0.3 is 0 Å². The van der Waals surface area contributed by atoms with Crippen molar-refractivity contribution in [1.82, 2.24) is 0 Å². The number of benzene rings is 8. The van der Waals surface area contributed by atoms with E-state index in [1.54, 1.807) is 0 Å². The van der Waals surface area contributed by atoms with Crippen LogP contribution in [0.2, 0.25) is 0 Å². The van der Waals surface area contributed by atoms with Crippen LogP contribution in [0.15, 0.2) is 84.9 Å². The second-order valence-corrected chi connectivity index (χ2v) is 8.11. The molecule has 8 aromatic carbocycles. The molecular weight excluding hydrogens is 336 g/mol. The van der Waals surface area contributed by atoms with E-state index in [0.717, 1.165) is 0 Å². The fourth-order valence-corrected chi connectivity index (χ4v) is 5.83. The van der Waals surface area contributed by atoms with E-state index >= 15 is 0 Å². The minimum atomic E-state index is 1.34. The normalized spacial score (nSPS) is 13.0. The smallest absolute Gasteiger partial charge is 0.000138 e. The summed E-state index contributed by atoms with van der Waals surface area (Å²) in [5.41, 5.74) is 0. The van der Waals surface area contributed by atoms with Gasteiger partial charge in [0.1, 0.15) is 0 Å². The standard InChI is InChI=1S/C28H14/c1-4-15-10-11-18-14-17-6-3-9-20-19-7-2-5-16-12-13-22-21(8-1)23(15)26(18)28(25(17)20)27(22)24(16)19/h1-14H. The van der Waals surface area contributed by atoms with Crippen molar-refractivity contribution in [3.05, 3.63) is 84.9 Å². The second-order valence-electron chi connectivity index (χ2n) is 8.11. The highest BCUT2D eigenvalue weighted by Crippen LogP contribution is 2.50. The predicted octanol–water partition coefficient (Wildman–Crippen LogP) is 8.07. The maximum Gasteiger partial charge on any atom is -0.000138 e. The van der Waals surface area contributed by atoms with Gasteiger partial charge in [-0.1, -0.05) is 78.9 Å². The van der Waals surface area contributed by atoms with Crippen molar-refractivity contribution >= 4 is 75.4 Å². The maximum atomic E-state index is 2.38. The van der Waals surface area contributed by atoms with Gasteiger partial charge in [0.05, 0.1) is 0 Å². The van der Waals surface area contributed by atoms with E-state index in [4.69, 9.17) is 0 Å². The molecule has 0 atom stereocenters. The van der Waals surface area contributed by atoms with Gasteiger partial charge in [-0.3, -0.25) is 0 Å². The predicted molar refractivity (Wildman–Crippen MR) is 123 cm³/mol. The highest BCUT2D eigenvalue weighted by molar-refractivity contribution is 6.47. The topological polar surface area (TPSA) is 0 Å². The van der Waals surface area contributed by atoms with Crippen LogP contribution in [0, 0.1) is 0 Å². The van der Waals surface area contributed by atoms with Crippen LogP contribution in [-0.2, 0) is 0 Å². The Labute approximate surface area is 160 Å². The average Bonchev–Trinajstić information content (AvgIpc) is 2.75. The highest BCUT2D eigenvalue weighted by Gasteiger charge is 2.21. The third-order valence-corrected chi connectivity index (χ3v) is 6.86. The molecule has 0 spiro atoms. The summed E-state index contributed by atoms with van der Waals surface area (Å²) >= 11 is 0. The van der Waals surface area contributed by atoms with E-state index in [-0.39, 0.29) is 0 Å². The van der Waals surface area contributed by atoms with Crippen LogP contribution in [0.5, 0.6) is 0 Å². The van der Waals surface area contributed by atoms with Gasteiger partial charge in [-0.2, -0.15) is 0 Å². The molecule has 0 radical (unpaired) electrons. The highest BCUT2D eigenvalue weighted by atomic mass is 14.2. The number of hydrogen-bond donors (Lipinski definition) is 0. The van der Waals surface area contributed by atoms with Crippen molar-refractivity contribution in [2.75, 3.05) is 0 Å². The summed E-state index contributed by atoms with van der Waals surface area (Å²) in [5.74, 6) is 0. The van der Waals surface area contributed by atoms with Crippen LogP contribution < -0.4 is 0 Å². The lowest BCUT2D eigenvalue weighted by Gasteiger charge is -2.21. The van der Waals surface area contributed by atoms with E-state index in [0.29, 0.717) is 0 Å². The molecule has 8 rings (SSSR count). The monoisotopic (exact) mass is 350 g/mol. The van der Waals surface area contributed by atoms with E-state index < -0.39 is 0 Å². The molecule has 0 N–H and O–H groups in total. The number of rotatable bonds is 0. The summed E-state index contributed by atoms with van der Waals surface area (Å²) in [4.78, 5) is 0. The molecule has 0 fully saturated rings. The quantitative estimate of drug-likeness (QED) is 0.191. The third-order valence-electron chi connectivity index (χ3n) is 6.86. The van der Waals surface area contributed by atoms with Crippen molar-refractivity contribution in [3.8, 4) is 0 Å². The number of hydrogen-bond acceptors (Lipinski definition) is 0. The second kappa shape index (κ2) is 4.26. The Kier molecular flexibility index (Phi) is 2.06. The molecule has 0 aliphatic rings. The zero-order chi connectivity index (χ0) is 18.0. The minimum Gasteiger partial charge on any atom is -0.0610 e. The molecule has 0 unspecified atom stereocenters. The van der Waals surface area contributed by atoms with Crippen LogP contribution >= 0.6 is 0 Å². The summed E-state index contributed by atoms with van der Waals surface area (Å²) in [6.07, 6.45) is 0. The molecule has 0 heteroatoms. The van der Waals surface area contributed by atoms with Crippen molar-refractivity contribution in [1.29, 1.82) is 0 Å². The lowest BCUT2D eigenvalue weighted by Crippen LogP contribution is -1.93. The van der Waals surface area contributed by atoms with E-state index in [1.165, 1.54) is 75.4 Å². The van der Waals surface area contributed by atoms with Crippen molar-refractivity contribution in [3.63, 3.8) is 0 Å². The Bertz CT molecular complexity index is 1850. The molecule has 0 aromatic heterocycles. The van der Waals surface area contributed by atoms with Crippen LogP contribution in [0.1, 0.15) is 0 Å². The molecule has 8 aromatic rings. The molecule has 0 aliphatic carbocycles. The van der Waals surface area contributed by atoms with Gasteiger partial charge < -0.3 is 0 Å². The van der Waals surface area contributed by atoms with Gasteiger partial charge in [-0.15, -0.1) is 0 Å². The summed E-state index contributed by atoms with van der Waals surface area (Å²) in [6, 6.07) is 31.9. The van der Waals surface area contributed by atoms with Gasteiger partial charge in [-0.05, 0) is 81.5 Å². The Morgan fingerprint density at radius 3 is 1.46 bits per heavy atom. The average molecular weight is 350 g/mol. The first-order chi connectivity index (χ1) is 13.9. The lowest BCUT2D eigenvalue weighted by molar-refractivity contribution is 1.80. The first kappa shape index (κ1) is 13.5. The maximum absolute atomic E-state index is 2.38. The molecule has 0 nitrogen and oxygen atoms in total. The van der Waals surface area contributed by atoms with Gasteiger partial charge in [0.25, 0.3) is 0 Å². The van der Waals surface area contributed by atoms with Crippen LogP contribution in [0.4, 0.5) is 0 Å². The molecule has 0 aliphatic heterocycles. The van der Waals surface area contributed by atoms with Crippen LogP contribution in [0.3, 0.4) is 0 Å². The largest absolute Gasteiger partial charge is 0.0610 e. The minimum absolute atomic E-state index is 1.34. The van der Waals surface area contributed by atoms with E-state index in [9.17, 15) is 0 Å². The van der Waals surface area contributed by atoms with Crippen molar-refractivity contribution < 1.29 is 0 Å². The zero-order valence-corrected chi connectivity index (χ0v) is 15.1. The Morgan fingerprint density at radius 1 is 0.286 bits per heavy atom.